The number of methoxy groups -OCH3 is 1. The number of amides is 1. The first-order chi connectivity index (χ1) is 14.4. The number of anilines is 4. The highest BCUT2D eigenvalue weighted by Crippen LogP contribution is 2.30. The van der Waals surface area contributed by atoms with Crippen LogP contribution in [0.25, 0.3) is 0 Å². The summed E-state index contributed by atoms with van der Waals surface area (Å²) in [5.41, 5.74) is 2.61. The van der Waals surface area contributed by atoms with Crippen LogP contribution in [0.4, 0.5) is 23.0 Å². The molecule has 0 atom stereocenters. The van der Waals surface area contributed by atoms with Gasteiger partial charge in [-0.1, -0.05) is 23.7 Å². The highest BCUT2D eigenvalue weighted by Gasteiger charge is 2.14. The summed E-state index contributed by atoms with van der Waals surface area (Å²) in [6.45, 7) is 4.52. The molecule has 3 rings (SSSR count). The number of para-hydroxylation sites is 1. The average molecular weight is 429 g/mol. The molecule has 0 saturated heterocycles. The Kier molecular flexibility index (Phi) is 6.91. The molecular weight excluding hydrogens is 404 g/mol. The predicted molar refractivity (Wildman–Crippen MR) is 119 cm³/mol. The third-order valence-electron chi connectivity index (χ3n) is 4.35. The molecule has 1 amide bonds. The molecule has 1 aromatic carbocycles. The molecule has 158 valence electrons. The minimum absolute atomic E-state index is 0.155. The molecule has 2 aromatic heterocycles. The van der Waals surface area contributed by atoms with Gasteiger partial charge in [-0.15, -0.1) is 0 Å². The van der Waals surface area contributed by atoms with Gasteiger partial charge in [-0.05, 0) is 26.0 Å². The number of aromatic nitrogens is 3. The van der Waals surface area contributed by atoms with E-state index in [1.165, 1.54) is 0 Å². The smallest absolute Gasteiger partial charge is 0.253 e. The molecular formula is C21H25ClN6O2. The van der Waals surface area contributed by atoms with E-state index in [4.69, 9.17) is 16.3 Å². The summed E-state index contributed by atoms with van der Waals surface area (Å²) in [6.07, 6.45) is 1.56. The lowest BCUT2D eigenvalue weighted by Gasteiger charge is -2.15. The van der Waals surface area contributed by atoms with E-state index >= 15 is 0 Å². The van der Waals surface area contributed by atoms with E-state index in [1.807, 2.05) is 42.8 Å². The van der Waals surface area contributed by atoms with Crippen molar-refractivity contribution in [2.75, 3.05) is 24.8 Å². The fourth-order valence-corrected chi connectivity index (χ4v) is 3.11. The Bertz CT molecular complexity index is 1030. The second kappa shape index (κ2) is 9.60. The monoisotopic (exact) mass is 428 g/mol. The summed E-state index contributed by atoms with van der Waals surface area (Å²) in [7, 11) is 3.23. The maximum absolute atomic E-state index is 12.1. The molecule has 30 heavy (non-hydrogen) atoms. The van der Waals surface area contributed by atoms with Crippen LogP contribution in [0, 0.1) is 0 Å². The van der Waals surface area contributed by atoms with Crippen molar-refractivity contribution in [1.29, 1.82) is 0 Å². The number of nitrogens with one attached hydrogen (secondary N) is 3. The fraction of sp³-hybridized carbons (Fsp3) is 0.286. The Balaban J connectivity index is 1.89. The molecule has 0 bridgehead atoms. The van der Waals surface area contributed by atoms with Crippen molar-refractivity contribution >= 4 is 40.5 Å². The molecule has 2 heterocycles. The number of carbonyl (C=O) groups excluding carboxylic acids is 1. The predicted octanol–water partition coefficient (Wildman–Crippen LogP) is 4.51. The van der Waals surface area contributed by atoms with Crippen molar-refractivity contribution < 1.29 is 9.53 Å². The summed E-state index contributed by atoms with van der Waals surface area (Å²) in [5, 5.41) is 14.2. The van der Waals surface area contributed by atoms with Crippen molar-refractivity contribution in [2.24, 2.45) is 0 Å². The molecule has 8 nitrogen and oxygen atoms in total. The van der Waals surface area contributed by atoms with Gasteiger partial charge in [-0.2, -0.15) is 5.10 Å². The van der Waals surface area contributed by atoms with Crippen LogP contribution in [-0.4, -0.2) is 34.8 Å². The summed E-state index contributed by atoms with van der Waals surface area (Å²) in [5.74, 6) is 1.20. The number of halogens is 1. The number of pyridine rings is 1. The van der Waals surface area contributed by atoms with E-state index in [0.29, 0.717) is 34.4 Å². The summed E-state index contributed by atoms with van der Waals surface area (Å²) < 4.78 is 7.06. The minimum atomic E-state index is -0.187. The molecule has 3 aromatic rings. The summed E-state index contributed by atoms with van der Waals surface area (Å²) in [6, 6.07) is 11.1. The van der Waals surface area contributed by atoms with Gasteiger partial charge in [0, 0.05) is 32.3 Å². The van der Waals surface area contributed by atoms with Gasteiger partial charge in [-0.3, -0.25) is 4.79 Å². The van der Waals surface area contributed by atoms with E-state index in [0.717, 1.165) is 11.5 Å². The first-order valence-corrected chi connectivity index (χ1v) is 9.88. The normalized spacial score (nSPS) is 10.9. The highest BCUT2D eigenvalue weighted by atomic mass is 35.5. The molecule has 0 aliphatic heterocycles. The molecule has 0 fully saturated rings. The van der Waals surface area contributed by atoms with Crippen LogP contribution in [0.15, 0.2) is 42.6 Å². The van der Waals surface area contributed by atoms with Crippen molar-refractivity contribution in [3.63, 3.8) is 0 Å². The number of rotatable bonds is 8. The lowest BCUT2D eigenvalue weighted by atomic mass is 10.1. The van der Waals surface area contributed by atoms with Gasteiger partial charge < -0.3 is 20.7 Å². The number of hydrogen-bond acceptors (Lipinski definition) is 6. The van der Waals surface area contributed by atoms with Crippen LogP contribution >= 0.6 is 11.6 Å². The van der Waals surface area contributed by atoms with E-state index in [1.54, 1.807) is 32.5 Å². The third kappa shape index (κ3) is 4.90. The molecule has 0 radical (unpaired) electrons. The van der Waals surface area contributed by atoms with Crippen molar-refractivity contribution in [2.45, 2.75) is 26.5 Å². The lowest BCUT2D eigenvalue weighted by molar-refractivity contribution is 0.0964. The van der Waals surface area contributed by atoms with E-state index in [9.17, 15) is 4.79 Å². The number of ether oxygens (including phenoxy) is 1. The van der Waals surface area contributed by atoms with Crippen LogP contribution in [0.2, 0.25) is 5.02 Å². The molecule has 0 aliphatic rings. The zero-order valence-electron chi connectivity index (χ0n) is 17.4. The van der Waals surface area contributed by atoms with Gasteiger partial charge in [0.1, 0.15) is 11.6 Å². The standard InChI is InChI=1S/C21H25ClN6O2/c1-13(2)28-20(9-14(27-28)12-30-4)26-19-10-18(16(22)11-24-19)25-17-8-6-5-7-15(17)21(29)23-3/h5-11,13H,12H2,1-4H3,(H,23,29)(H2,24,25,26). The van der Waals surface area contributed by atoms with Gasteiger partial charge in [-0.25, -0.2) is 9.67 Å². The van der Waals surface area contributed by atoms with E-state index in [-0.39, 0.29) is 11.9 Å². The van der Waals surface area contributed by atoms with Crippen LogP contribution in [0.3, 0.4) is 0 Å². The van der Waals surface area contributed by atoms with Crippen molar-refractivity contribution in [3.8, 4) is 0 Å². The third-order valence-corrected chi connectivity index (χ3v) is 4.65. The second-order valence-electron chi connectivity index (χ2n) is 6.92. The van der Waals surface area contributed by atoms with Crippen LogP contribution < -0.4 is 16.0 Å². The quantitative estimate of drug-likeness (QED) is 0.489. The highest BCUT2D eigenvalue weighted by molar-refractivity contribution is 6.33. The van der Waals surface area contributed by atoms with Gasteiger partial charge >= 0.3 is 0 Å². The minimum Gasteiger partial charge on any atom is -0.378 e. The molecule has 3 N–H and O–H groups in total. The number of nitrogens with zero attached hydrogens (tertiary/aromatic N) is 3. The van der Waals surface area contributed by atoms with Gasteiger partial charge in [0.05, 0.1) is 40.5 Å². The molecule has 0 saturated carbocycles. The largest absolute Gasteiger partial charge is 0.378 e. The maximum atomic E-state index is 12.1. The number of carbonyl (C=O) groups is 1. The summed E-state index contributed by atoms with van der Waals surface area (Å²) >= 11 is 6.35. The molecule has 0 spiro atoms. The van der Waals surface area contributed by atoms with Crippen molar-refractivity contribution in [3.05, 3.63) is 58.9 Å². The Hall–Kier alpha value is -3.10. The fourth-order valence-electron chi connectivity index (χ4n) is 2.95. The van der Waals surface area contributed by atoms with E-state index in [2.05, 4.69) is 26.0 Å². The van der Waals surface area contributed by atoms with Gasteiger partial charge in [0.15, 0.2) is 0 Å². The molecule has 0 unspecified atom stereocenters. The van der Waals surface area contributed by atoms with E-state index < -0.39 is 0 Å². The number of benzene rings is 1. The van der Waals surface area contributed by atoms with Gasteiger partial charge in [0.2, 0.25) is 0 Å². The van der Waals surface area contributed by atoms with Crippen LogP contribution in [0.5, 0.6) is 0 Å². The van der Waals surface area contributed by atoms with Gasteiger partial charge in [0.25, 0.3) is 5.91 Å². The van der Waals surface area contributed by atoms with Crippen molar-refractivity contribution in [1.82, 2.24) is 20.1 Å². The second-order valence-corrected chi connectivity index (χ2v) is 7.32. The molecule has 0 aliphatic carbocycles. The SMILES string of the molecule is CNC(=O)c1ccccc1Nc1cc(Nc2cc(COC)nn2C(C)C)ncc1Cl. The maximum Gasteiger partial charge on any atom is 0.253 e. The average Bonchev–Trinajstić information content (AvgIpc) is 3.13. The zero-order chi connectivity index (χ0) is 21.7. The zero-order valence-corrected chi connectivity index (χ0v) is 18.1. The topological polar surface area (TPSA) is 93.1 Å². The molecule has 9 heteroatoms. The van der Waals surface area contributed by atoms with Crippen LogP contribution in [0.1, 0.15) is 35.9 Å². The Morgan fingerprint density at radius 3 is 2.67 bits per heavy atom. The first-order valence-electron chi connectivity index (χ1n) is 9.51. The Morgan fingerprint density at radius 2 is 1.97 bits per heavy atom. The Morgan fingerprint density at radius 1 is 1.20 bits per heavy atom. The summed E-state index contributed by atoms with van der Waals surface area (Å²) in [4.78, 5) is 16.5. The van der Waals surface area contributed by atoms with Crippen LogP contribution in [-0.2, 0) is 11.3 Å². The first kappa shape index (κ1) is 21.6. The number of hydrogen-bond donors (Lipinski definition) is 3. The Labute approximate surface area is 180 Å². The lowest BCUT2D eigenvalue weighted by Crippen LogP contribution is -2.19.